The Morgan fingerprint density at radius 1 is 0.559 bits per heavy atom. The molecule has 0 amide bonds. The lowest BCUT2D eigenvalue weighted by Crippen LogP contribution is -2.20. The summed E-state index contributed by atoms with van der Waals surface area (Å²) in [7, 11) is 0. The number of nitrogens with zero attached hydrogens (tertiary/aromatic N) is 3. The Hall–Kier alpha value is -3.47. The topological polar surface area (TPSA) is 56.1 Å². The second-order valence-corrected chi connectivity index (χ2v) is 9.64. The summed E-state index contributed by atoms with van der Waals surface area (Å²) in [4.78, 5) is 14.7. The molecule has 5 nitrogen and oxygen atoms in total. The van der Waals surface area contributed by atoms with Gasteiger partial charge in [0.1, 0.15) is 23.6 Å². The minimum absolute atomic E-state index is 0.0377. The largest absolute Gasteiger partial charge is 0.466 e. The SMILES string of the molecule is CC(C)C1N=C(c2cccc(C3=NC(C(C)C)C(c4ccccc4)O3)n2)OC1c1ccccc1. The summed E-state index contributed by atoms with van der Waals surface area (Å²) in [5, 5.41) is 0. The number of ether oxygens (including phenoxy) is 2. The summed E-state index contributed by atoms with van der Waals surface area (Å²) in [5.74, 6) is 1.83. The van der Waals surface area contributed by atoms with Crippen LogP contribution < -0.4 is 0 Å². The Balaban J connectivity index is 1.43. The highest BCUT2D eigenvalue weighted by Gasteiger charge is 2.37. The van der Waals surface area contributed by atoms with Gasteiger partial charge in [-0.05, 0) is 35.1 Å². The highest BCUT2D eigenvalue weighted by molar-refractivity contribution is 5.97. The third-order valence-corrected chi connectivity index (χ3v) is 6.44. The molecule has 0 bridgehead atoms. The number of aromatic nitrogens is 1. The number of hydrogen-bond acceptors (Lipinski definition) is 5. The molecule has 0 aliphatic carbocycles. The van der Waals surface area contributed by atoms with Crippen LogP contribution in [0.15, 0.2) is 88.8 Å². The fourth-order valence-corrected chi connectivity index (χ4v) is 4.59. The van der Waals surface area contributed by atoms with E-state index in [9.17, 15) is 0 Å². The van der Waals surface area contributed by atoms with Gasteiger partial charge in [-0.3, -0.25) is 0 Å². The normalized spacial score (nSPS) is 24.1. The second kappa shape index (κ2) is 9.41. The van der Waals surface area contributed by atoms with Gasteiger partial charge in [-0.1, -0.05) is 94.4 Å². The van der Waals surface area contributed by atoms with Gasteiger partial charge in [0.15, 0.2) is 0 Å². The molecule has 0 N–H and O–H groups in total. The maximum Gasteiger partial charge on any atom is 0.236 e. The number of rotatable bonds is 6. The third kappa shape index (κ3) is 4.35. The molecule has 34 heavy (non-hydrogen) atoms. The number of benzene rings is 2. The summed E-state index contributed by atoms with van der Waals surface area (Å²) in [5.41, 5.74) is 3.67. The summed E-state index contributed by atoms with van der Waals surface area (Å²) < 4.78 is 12.8. The lowest BCUT2D eigenvalue weighted by molar-refractivity contribution is 0.174. The molecular formula is C29H31N3O2. The molecule has 3 aromatic rings. The zero-order chi connectivity index (χ0) is 23.7. The molecule has 2 aliphatic rings. The van der Waals surface area contributed by atoms with Gasteiger partial charge in [0.2, 0.25) is 11.8 Å². The second-order valence-electron chi connectivity index (χ2n) is 9.64. The van der Waals surface area contributed by atoms with E-state index in [1.54, 1.807) is 0 Å². The fraction of sp³-hybridized carbons (Fsp3) is 0.345. The molecule has 4 unspecified atom stereocenters. The Labute approximate surface area is 201 Å². The molecule has 2 aromatic carbocycles. The van der Waals surface area contributed by atoms with Crippen molar-refractivity contribution in [1.29, 1.82) is 0 Å². The van der Waals surface area contributed by atoms with Crippen LogP contribution in [-0.4, -0.2) is 28.9 Å². The van der Waals surface area contributed by atoms with Crippen LogP contribution in [0.1, 0.15) is 62.4 Å². The van der Waals surface area contributed by atoms with Gasteiger partial charge in [-0.2, -0.15) is 0 Å². The number of pyridine rings is 1. The first-order chi connectivity index (χ1) is 16.5. The molecule has 5 rings (SSSR count). The van der Waals surface area contributed by atoms with Crippen LogP contribution >= 0.6 is 0 Å². The molecule has 0 saturated carbocycles. The minimum atomic E-state index is -0.116. The van der Waals surface area contributed by atoms with E-state index in [2.05, 4.69) is 52.0 Å². The summed E-state index contributed by atoms with van der Waals surface area (Å²) in [6.45, 7) is 8.71. The van der Waals surface area contributed by atoms with Crippen molar-refractivity contribution in [2.45, 2.75) is 52.0 Å². The molecule has 0 fully saturated rings. The summed E-state index contributed by atoms with van der Waals surface area (Å²) in [6.07, 6.45) is -0.232. The van der Waals surface area contributed by atoms with Crippen molar-refractivity contribution < 1.29 is 9.47 Å². The van der Waals surface area contributed by atoms with E-state index in [1.807, 2.05) is 54.6 Å². The zero-order valence-corrected chi connectivity index (χ0v) is 20.1. The Kier molecular flexibility index (Phi) is 6.18. The average molecular weight is 454 g/mol. The lowest BCUT2D eigenvalue weighted by Gasteiger charge is -2.20. The predicted molar refractivity (Wildman–Crippen MR) is 135 cm³/mol. The standard InChI is InChI=1S/C29H31N3O2/c1-18(2)24-26(20-12-7-5-8-13-20)33-28(31-24)22-16-11-17-23(30-22)29-32-25(19(3)4)27(34-29)21-14-9-6-10-15-21/h5-19,24-27H,1-4H3. The first-order valence-corrected chi connectivity index (χ1v) is 12.1. The van der Waals surface area contributed by atoms with Crippen LogP contribution in [0.5, 0.6) is 0 Å². The first-order valence-electron chi connectivity index (χ1n) is 12.1. The van der Waals surface area contributed by atoms with Gasteiger partial charge in [0.25, 0.3) is 0 Å². The molecular weight excluding hydrogens is 422 g/mol. The highest BCUT2D eigenvalue weighted by Crippen LogP contribution is 2.36. The predicted octanol–water partition coefficient (Wildman–Crippen LogP) is 6.17. The summed E-state index contributed by atoms with van der Waals surface area (Å²) in [6, 6.07) is 26.5. The van der Waals surface area contributed by atoms with E-state index in [0.29, 0.717) is 35.0 Å². The van der Waals surface area contributed by atoms with Gasteiger partial charge < -0.3 is 9.47 Å². The minimum Gasteiger partial charge on any atom is -0.466 e. The van der Waals surface area contributed by atoms with E-state index >= 15 is 0 Å². The Morgan fingerprint density at radius 3 is 1.35 bits per heavy atom. The van der Waals surface area contributed by atoms with Crippen molar-refractivity contribution in [2.75, 3.05) is 0 Å². The van der Waals surface area contributed by atoms with Crippen LogP contribution in [0.3, 0.4) is 0 Å². The van der Waals surface area contributed by atoms with Crippen LogP contribution in [-0.2, 0) is 9.47 Å². The van der Waals surface area contributed by atoms with E-state index < -0.39 is 0 Å². The van der Waals surface area contributed by atoms with Crippen molar-refractivity contribution in [2.24, 2.45) is 21.8 Å². The molecule has 3 heterocycles. The molecule has 0 spiro atoms. The molecule has 174 valence electrons. The van der Waals surface area contributed by atoms with Gasteiger partial charge in [0, 0.05) is 0 Å². The quantitative estimate of drug-likeness (QED) is 0.449. The Bertz CT molecular complexity index is 1100. The maximum atomic E-state index is 6.38. The number of hydrogen-bond donors (Lipinski definition) is 0. The molecule has 0 saturated heterocycles. The van der Waals surface area contributed by atoms with Gasteiger partial charge in [0.05, 0.1) is 12.1 Å². The fourth-order valence-electron chi connectivity index (χ4n) is 4.59. The van der Waals surface area contributed by atoms with Crippen molar-refractivity contribution in [1.82, 2.24) is 4.98 Å². The molecule has 2 aliphatic heterocycles. The van der Waals surface area contributed by atoms with E-state index in [-0.39, 0.29) is 24.3 Å². The third-order valence-electron chi connectivity index (χ3n) is 6.44. The molecule has 1 aromatic heterocycles. The van der Waals surface area contributed by atoms with E-state index in [0.717, 1.165) is 11.1 Å². The smallest absolute Gasteiger partial charge is 0.236 e. The van der Waals surface area contributed by atoms with Crippen LogP contribution in [0.25, 0.3) is 0 Å². The Morgan fingerprint density at radius 2 is 0.971 bits per heavy atom. The monoisotopic (exact) mass is 453 g/mol. The van der Waals surface area contributed by atoms with Gasteiger partial charge in [-0.15, -0.1) is 0 Å². The van der Waals surface area contributed by atoms with E-state index in [1.165, 1.54) is 0 Å². The first kappa shape index (κ1) is 22.3. The van der Waals surface area contributed by atoms with Crippen LogP contribution in [0.2, 0.25) is 0 Å². The molecule has 0 radical (unpaired) electrons. The molecule has 5 heteroatoms. The van der Waals surface area contributed by atoms with Crippen molar-refractivity contribution in [3.05, 3.63) is 101 Å². The average Bonchev–Trinajstić information content (AvgIpc) is 3.51. The van der Waals surface area contributed by atoms with Gasteiger partial charge in [-0.25, -0.2) is 15.0 Å². The van der Waals surface area contributed by atoms with Crippen molar-refractivity contribution in [3.8, 4) is 0 Å². The van der Waals surface area contributed by atoms with Crippen molar-refractivity contribution >= 4 is 11.8 Å². The van der Waals surface area contributed by atoms with Gasteiger partial charge >= 0.3 is 0 Å². The lowest BCUT2D eigenvalue weighted by atomic mass is 9.94. The summed E-state index contributed by atoms with van der Waals surface area (Å²) >= 11 is 0. The molecule has 4 atom stereocenters. The number of aliphatic imine (C=N–C) groups is 2. The maximum absolute atomic E-state index is 6.38. The zero-order valence-electron chi connectivity index (χ0n) is 20.1. The van der Waals surface area contributed by atoms with Crippen LogP contribution in [0.4, 0.5) is 0 Å². The van der Waals surface area contributed by atoms with E-state index in [4.69, 9.17) is 24.4 Å². The van der Waals surface area contributed by atoms with Crippen LogP contribution in [0, 0.1) is 11.8 Å². The van der Waals surface area contributed by atoms with Crippen molar-refractivity contribution in [3.63, 3.8) is 0 Å². The highest BCUT2D eigenvalue weighted by atomic mass is 16.5.